The third-order valence-electron chi connectivity index (χ3n) is 14.8. The van der Waals surface area contributed by atoms with Crippen LogP contribution in [0, 0.1) is 0 Å². The fraction of sp³-hybridized carbons (Fsp3) is 0.945. The average Bonchev–Trinajstić information content (AvgIpc) is 3.40. The summed E-state index contributed by atoms with van der Waals surface area (Å²) in [6, 6.07) is -0.965. The second-order valence-corrected chi connectivity index (χ2v) is 21.1. The maximum absolute atomic E-state index is 13.3. The van der Waals surface area contributed by atoms with E-state index in [2.05, 4.69) is 19.2 Å². The molecule has 3 fully saturated rings. The van der Waals surface area contributed by atoms with Gasteiger partial charge < -0.3 is 89.9 Å². The van der Waals surface area contributed by atoms with Crippen LogP contribution in [0.4, 0.5) is 0 Å². The lowest BCUT2D eigenvalue weighted by molar-refractivity contribution is -0.379. The second-order valence-electron chi connectivity index (χ2n) is 21.1. The number of ether oxygens (including phenoxy) is 6. The molecular weight excluding hydrogens is 963 g/mol. The second kappa shape index (κ2) is 39.8. The van der Waals surface area contributed by atoms with E-state index in [0.717, 1.165) is 44.9 Å². The van der Waals surface area contributed by atoms with E-state index in [1.54, 1.807) is 6.08 Å². The topological polar surface area (TPSA) is 307 Å². The van der Waals surface area contributed by atoms with Crippen molar-refractivity contribution in [2.75, 3.05) is 26.4 Å². The van der Waals surface area contributed by atoms with Crippen LogP contribution in [0.25, 0.3) is 0 Å². The monoisotopic (exact) mass is 1070 g/mol. The fourth-order valence-corrected chi connectivity index (χ4v) is 10.0. The van der Waals surface area contributed by atoms with Crippen LogP contribution in [0.1, 0.15) is 200 Å². The number of aliphatic hydroxyl groups is 11. The number of aliphatic hydroxyl groups excluding tert-OH is 11. The van der Waals surface area contributed by atoms with E-state index in [9.17, 15) is 61.0 Å². The van der Waals surface area contributed by atoms with Crippen molar-refractivity contribution in [3.05, 3.63) is 12.2 Å². The lowest BCUT2D eigenvalue weighted by Gasteiger charge is -2.48. The van der Waals surface area contributed by atoms with E-state index in [1.165, 1.54) is 128 Å². The molecule has 12 N–H and O–H groups in total. The first kappa shape index (κ1) is 66.8. The maximum atomic E-state index is 13.3. The maximum Gasteiger partial charge on any atom is 0.220 e. The predicted molar refractivity (Wildman–Crippen MR) is 277 cm³/mol. The number of rotatable bonds is 42. The zero-order valence-corrected chi connectivity index (χ0v) is 45.1. The van der Waals surface area contributed by atoms with Crippen LogP contribution in [-0.2, 0) is 33.2 Å². The van der Waals surface area contributed by atoms with Gasteiger partial charge in [-0.1, -0.05) is 187 Å². The molecule has 0 radical (unpaired) electrons. The zero-order valence-electron chi connectivity index (χ0n) is 45.1. The van der Waals surface area contributed by atoms with Crippen molar-refractivity contribution in [1.82, 2.24) is 5.32 Å². The molecule has 3 aliphatic rings. The van der Waals surface area contributed by atoms with Crippen LogP contribution in [-0.4, -0.2) is 193 Å². The molecule has 3 rings (SSSR count). The summed E-state index contributed by atoms with van der Waals surface area (Å²) in [5.74, 6) is -0.274. The predicted octanol–water partition coefficient (Wildman–Crippen LogP) is 4.21. The lowest BCUT2D eigenvalue weighted by atomic mass is 9.96. The molecule has 3 heterocycles. The summed E-state index contributed by atoms with van der Waals surface area (Å²) in [4.78, 5) is 13.3. The van der Waals surface area contributed by atoms with Crippen LogP contribution >= 0.6 is 0 Å². The van der Waals surface area contributed by atoms with Gasteiger partial charge in [-0.15, -0.1) is 0 Å². The molecule has 0 saturated carbocycles. The summed E-state index contributed by atoms with van der Waals surface area (Å²) in [6.07, 6.45) is 10.6. The van der Waals surface area contributed by atoms with Gasteiger partial charge in [0.1, 0.15) is 73.2 Å². The highest BCUT2D eigenvalue weighted by molar-refractivity contribution is 5.76. The van der Waals surface area contributed by atoms with Crippen LogP contribution in [0.2, 0.25) is 0 Å². The lowest BCUT2D eigenvalue weighted by Crippen LogP contribution is -2.66. The largest absolute Gasteiger partial charge is 0.394 e. The molecule has 0 aliphatic carbocycles. The summed E-state index contributed by atoms with van der Waals surface area (Å²) in [6.45, 7) is 1.71. The van der Waals surface area contributed by atoms with E-state index in [1.807, 2.05) is 6.08 Å². The van der Waals surface area contributed by atoms with Gasteiger partial charge in [0.2, 0.25) is 5.91 Å². The molecule has 74 heavy (non-hydrogen) atoms. The van der Waals surface area contributed by atoms with Crippen molar-refractivity contribution >= 4 is 5.91 Å². The first-order valence-electron chi connectivity index (χ1n) is 28.9. The Labute approximate surface area is 442 Å². The number of nitrogens with one attached hydrogen (secondary N) is 1. The Kier molecular flexibility index (Phi) is 35.9. The van der Waals surface area contributed by atoms with Crippen molar-refractivity contribution < 1.29 is 89.4 Å². The molecule has 17 unspecified atom stereocenters. The Bertz CT molecular complexity index is 1410. The molecule has 17 atom stereocenters. The third-order valence-corrected chi connectivity index (χ3v) is 14.8. The average molecular weight is 1070 g/mol. The molecule has 3 aliphatic heterocycles. The fourth-order valence-electron chi connectivity index (χ4n) is 10.0. The number of carbonyl (C=O) groups excluding carboxylic acids is 1. The van der Waals surface area contributed by atoms with Crippen molar-refractivity contribution in [2.24, 2.45) is 0 Å². The molecular formula is C55H103NO18. The Morgan fingerprint density at radius 1 is 0.473 bits per heavy atom. The molecule has 3 saturated heterocycles. The molecule has 1 amide bonds. The van der Waals surface area contributed by atoms with Crippen LogP contribution in [0.15, 0.2) is 12.2 Å². The minimum atomic E-state index is -1.97. The Hall–Kier alpha value is -1.47. The summed E-state index contributed by atoms with van der Waals surface area (Å²) in [5.41, 5.74) is 0. The van der Waals surface area contributed by atoms with Crippen LogP contribution in [0.5, 0.6) is 0 Å². The van der Waals surface area contributed by atoms with Crippen molar-refractivity contribution in [3.8, 4) is 0 Å². The number of hydrogen-bond donors (Lipinski definition) is 12. The molecule has 19 nitrogen and oxygen atoms in total. The molecule has 0 aromatic carbocycles. The quantitative estimate of drug-likeness (QED) is 0.0301. The Morgan fingerprint density at radius 2 is 0.838 bits per heavy atom. The van der Waals surface area contributed by atoms with Gasteiger partial charge in [-0.2, -0.15) is 0 Å². The van der Waals surface area contributed by atoms with E-state index in [0.29, 0.717) is 6.42 Å². The highest BCUT2D eigenvalue weighted by Crippen LogP contribution is 2.33. The summed E-state index contributed by atoms with van der Waals surface area (Å²) in [7, 11) is 0. The molecule has 436 valence electrons. The van der Waals surface area contributed by atoms with Crippen molar-refractivity contribution in [3.63, 3.8) is 0 Å². The van der Waals surface area contributed by atoms with Crippen molar-refractivity contribution in [2.45, 2.75) is 304 Å². The molecule has 0 aromatic heterocycles. The van der Waals surface area contributed by atoms with Gasteiger partial charge in [-0.05, 0) is 19.3 Å². The van der Waals surface area contributed by atoms with Gasteiger partial charge >= 0.3 is 0 Å². The minimum Gasteiger partial charge on any atom is -0.394 e. The van der Waals surface area contributed by atoms with Gasteiger partial charge in [0.25, 0.3) is 0 Å². The van der Waals surface area contributed by atoms with Gasteiger partial charge in [0.15, 0.2) is 18.9 Å². The van der Waals surface area contributed by atoms with Crippen LogP contribution in [0.3, 0.4) is 0 Å². The highest BCUT2D eigenvalue weighted by atomic mass is 16.8. The number of unbranched alkanes of at least 4 members (excludes halogenated alkanes) is 26. The van der Waals surface area contributed by atoms with E-state index in [-0.39, 0.29) is 18.9 Å². The standard InChI is InChI=1S/C55H103NO18/c1-3-5-7-9-11-13-15-17-18-19-20-21-23-25-27-29-31-33-43(61)56-38(39(60)32-30-28-26-24-22-16-14-12-10-8-6-4-2)37-69-53-49(67)46(64)51(41(35-58)71-53)74-55-50(68)47(65)52(42(36-59)72-55)73-54-48(66)45(63)44(62)40(34-57)70-54/h30,32,38-42,44-55,57-60,62-68H,3-29,31,33-37H2,1-2H3,(H,56,61)/b32-30+. The first-order chi connectivity index (χ1) is 35.8. The Balaban J connectivity index is 1.51. The SMILES string of the molecule is CCCCCCCCCCCC/C=C/C(O)C(COC1OC(CO)C(OC2OC(CO)C(OC3OC(CO)C(O)C(O)C3O)C(O)C2O)C(O)C1O)NC(=O)CCCCCCCCCCCCCCCCCCC. The van der Waals surface area contributed by atoms with Gasteiger partial charge in [0, 0.05) is 6.42 Å². The first-order valence-corrected chi connectivity index (χ1v) is 28.9. The van der Waals surface area contributed by atoms with Gasteiger partial charge in [0.05, 0.1) is 38.6 Å². The molecule has 0 aromatic rings. The van der Waals surface area contributed by atoms with E-state index in [4.69, 9.17) is 28.4 Å². The third kappa shape index (κ3) is 24.3. The normalized spacial score (nSPS) is 31.5. The zero-order chi connectivity index (χ0) is 54.1. The van der Waals surface area contributed by atoms with E-state index < -0.39 is 124 Å². The molecule has 19 heteroatoms. The number of amides is 1. The highest BCUT2D eigenvalue weighted by Gasteiger charge is 2.53. The number of allylic oxidation sites excluding steroid dienone is 1. The summed E-state index contributed by atoms with van der Waals surface area (Å²) < 4.78 is 34.2. The van der Waals surface area contributed by atoms with Gasteiger partial charge in [-0.3, -0.25) is 4.79 Å². The van der Waals surface area contributed by atoms with Gasteiger partial charge in [-0.25, -0.2) is 0 Å². The summed E-state index contributed by atoms with van der Waals surface area (Å²) in [5, 5.41) is 120. The van der Waals surface area contributed by atoms with E-state index >= 15 is 0 Å². The summed E-state index contributed by atoms with van der Waals surface area (Å²) >= 11 is 0. The molecule has 0 spiro atoms. The number of carbonyl (C=O) groups is 1. The molecule has 0 bridgehead atoms. The Morgan fingerprint density at radius 3 is 1.27 bits per heavy atom. The minimum absolute atomic E-state index is 0.249. The number of hydrogen-bond acceptors (Lipinski definition) is 18. The smallest absolute Gasteiger partial charge is 0.220 e. The van der Waals surface area contributed by atoms with Crippen LogP contribution < -0.4 is 5.32 Å². The van der Waals surface area contributed by atoms with Crippen molar-refractivity contribution in [1.29, 1.82) is 0 Å².